The van der Waals surface area contributed by atoms with E-state index in [1.807, 2.05) is 20.8 Å². The largest absolute Gasteiger partial charge is 0.481 e. The van der Waals surface area contributed by atoms with E-state index in [-0.39, 0.29) is 51.4 Å². The predicted molar refractivity (Wildman–Crippen MR) is 134 cm³/mol. The summed E-state index contributed by atoms with van der Waals surface area (Å²) in [6.07, 6.45) is 5.91. The van der Waals surface area contributed by atoms with Crippen LogP contribution in [0, 0.1) is 22.2 Å². The number of carboxylic acids is 1. The minimum atomic E-state index is -0.838. The number of carbonyl (C=O) groups is 3. The van der Waals surface area contributed by atoms with Gasteiger partial charge in [0.1, 0.15) is 6.07 Å². The van der Waals surface area contributed by atoms with Crippen molar-refractivity contribution in [2.45, 2.75) is 59.4 Å². The number of Topliss-reactive ketones (excluding diaryl/α,β-unsaturated/α-hetero) is 1. The minimum Gasteiger partial charge on any atom is -0.481 e. The van der Waals surface area contributed by atoms with Crippen molar-refractivity contribution in [3.8, 4) is 6.07 Å². The molecule has 2 heterocycles. The van der Waals surface area contributed by atoms with Gasteiger partial charge in [-0.15, -0.1) is 0 Å². The molecular formula is C25H29Cl2N5O4. The SMILES string of the molecule is CC(C)(C)CN(CC(=O)c1c(Cl)cncc1Cl)C(=O)c1cnn(C2CCC(C)(C(=O)O)CC2)c1C#N. The Morgan fingerprint density at radius 3 is 2.28 bits per heavy atom. The van der Waals surface area contributed by atoms with Crippen molar-refractivity contribution in [1.82, 2.24) is 19.7 Å². The molecule has 1 aliphatic rings. The molecule has 3 rings (SSSR count). The highest BCUT2D eigenvalue weighted by Gasteiger charge is 2.39. The van der Waals surface area contributed by atoms with Crippen LogP contribution >= 0.6 is 23.2 Å². The number of amides is 1. The summed E-state index contributed by atoms with van der Waals surface area (Å²) in [6, 6.07) is 1.89. The van der Waals surface area contributed by atoms with Crippen LogP contribution in [0.1, 0.15) is 85.8 Å². The van der Waals surface area contributed by atoms with Gasteiger partial charge < -0.3 is 10.0 Å². The van der Waals surface area contributed by atoms with E-state index in [1.54, 1.807) is 6.92 Å². The zero-order valence-corrected chi connectivity index (χ0v) is 22.2. The first-order valence-electron chi connectivity index (χ1n) is 11.6. The molecule has 11 heteroatoms. The lowest BCUT2D eigenvalue weighted by Crippen LogP contribution is -2.41. The minimum absolute atomic E-state index is 0.0833. The maximum Gasteiger partial charge on any atom is 0.309 e. The lowest BCUT2D eigenvalue weighted by molar-refractivity contribution is -0.150. The summed E-state index contributed by atoms with van der Waals surface area (Å²) >= 11 is 12.3. The van der Waals surface area contributed by atoms with E-state index in [0.717, 1.165) is 0 Å². The van der Waals surface area contributed by atoms with Gasteiger partial charge in [0.2, 0.25) is 0 Å². The summed E-state index contributed by atoms with van der Waals surface area (Å²) in [5, 5.41) is 23.9. The number of aromatic nitrogens is 3. The molecule has 0 atom stereocenters. The number of hydrogen-bond acceptors (Lipinski definition) is 6. The van der Waals surface area contributed by atoms with Gasteiger partial charge in [0.15, 0.2) is 11.5 Å². The second-order valence-corrected chi connectivity index (χ2v) is 11.5. The molecule has 0 aliphatic heterocycles. The van der Waals surface area contributed by atoms with E-state index in [0.29, 0.717) is 25.7 Å². The van der Waals surface area contributed by atoms with Crippen molar-refractivity contribution in [1.29, 1.82) is 5.26 Å². The summed E-state index contributed by atoms with van der Waals surface area (Å²) in [4.78, 5) is 43.6. The number of carbonyl (C=O) groups excluding carboxylic acids is 2. The first kappa shape index (κ1) is 27.6. The third kappa shape index (κ3) is 5.88. The molecule has 0 spiro atoms. The highest BCUT2D eigenvalue weighted by Crippen LogP contribution is 2.41. The highest BCUT2D eigenvalue weighted by molar-refractivity contribution is 6.39. The molecule has 1 N–H and O–H groups in total. The second kappa shape index (κ2) is 10.6. The molecule has 1 amide bonds. The standard InChI is InChI=1S/C25H29Cl2N5O4/c1-24(2,3)14-31(13-20(33)21-17(26)11-29-12-18(21)27)22(34)16-10-30-32(19(16)9-28)15-5-7-25(4,8-6-15)23(35)36/h10-12,15H,5-8,13-14H2,1-4H3,(H,35,36). The number of ketones is 1. The summed E-state index contributed by atoms with van der Waals surface area (Å²) in [5.41, 5.74) is -0.896. The van der Waals surface area contributed by atoms with Gasteiger partial charge >= 0.3 is 5.97 Å². The van der Waals surface area contributed by atoms with E-state index < -0.39 is 23.1 Å². The summed E-state index contributed by atoms with van der Waals surface area (Å²) in [5.74, 6) is -1.79. The van der Waals surface area contributed by atoms with Crippen LogP contribution in [0.15, 0.2) is 18.6 Å². The van der Waals surface area contributed by atoms with E-state index >= 15 is 0 Å². The molecule has 1 saturated carbocycles. The fourth-order valence-corrected chi connectivity index (χ4v) is 5.05. The van der Waals surface area contributed by atoms with Crippen molar-refractivity contribution in [3.05, 3.63) is 45.5 Å². The molecule has 0 aromatic carbocycles. The van der Waals surface area contributed by atoms with Crippen LogP contribution in [-0.4, -0.2) is 55.5 Å². The lowest BCUT2D eigenvalue weighted by Gasteiger charge is -2.34. The normalized spacial score (nSPS) is 20.0. The number of nitriles is 1. The van der Waals surface area contributed by atoms with Gasteiger partial charge in [-0.3, -0.25) is 24.0 Å². The monoisotopic (exact) mass is 533 g/mol. The second-order valence-electron chi connectivity index (χ2n) is 10.7. The molecule has 2 aromatic heterocycles. The molecular weight excluding hydrogens is 505 g/mol. The summed E-state index contributed by atoms with van der Waals surface area (Å²) < 4.78 is 1.52. The van der Waals surface area contributed by atoms with Gasteiger partial charge in [-0.25, -0.2) is 0 Å². The Balaban J connectivity index is 1.90. The van der Waals surface area contributed by atoms with Crippen LogP contribution in [0.4, 0.5) is 0 Å². The maximum absolute atomic E-state index is 13.6. The Bertz CT molecular complexity index is 1200. The van der Waals surface area contributed by atoms with Crippen molar-refractivity contribution in [2.24, 2.45) is 10.8 Å². The summed E-state index contributed by atoms with van der Waals surface area (Å²) in [6.45, 7) is 7.45. The van der Waals surface area contributed by atoms with Crippen molar-refractivity contribution in [3.63, 3.8) is 0 Å². The van der Waals surface area contributed by atoms with E-state index in [9.17, 15) is 24.8 Å². The Labute approximate surface area is 220 Å². The smallest absolute Gasteiger partial charge is 0.309 e. The first-order valence-corrected chi connectivity index (χ1v) is 12.4. The number of pyridine rings is 1. The quantitative estimate of drug-likeness (QED) is 0.493. The zero-order chi connectivity index (χ0) is 26.8. The first-order chi connectivity index (χ1) is 16.8. The molecule has 1 fully saturated rings. The Morgan fingerprint density at radius 1 is 1.19 bits per heavy atom. The molecule has 0 radical (unpaired) electrons. The maximum atomic E-state index is 13.6. The Morgan fingerprint density at radius 2 is 1.78 bits per heavy atom. The topological polar surface area (TPSA) is 129 Å². The Hall–Kier alpha value is -2.96. The van der Waals surface area contributed by atoms with Crippen LogP contribution in [0.3, 0.4) is 0 Å². The summed E-state index contributed by atoms with van der Waals surface area (Å²) in [7, 11) is 0. The molecule has 0 unspecified atom stereocenters. The van der Waals surface area contributed by atoms with E-state index in [2.05, 4.69) is 16.2 Å². The van der Waals surface area contributed by atoms with Crippen molar-refractivity contribution >= 4 is 40.9 Å². The van der Waals surface area contributed by atoms with Gasteiger partial charge in [-0.2, -0.15) is 10.4 Å². The molecule has 36 heavy (non-hydrogen) atoms. The molecule has 2 aromatic rings. The van der Waals surface area contributed by atoms with E-state index in [1.165, 1.54) is 28.2 Å². The fourth-order valence-electron chi connectivity index (χ4n) is 4.48. The van der Waals surface area contributed by atoms with E-state index in [4.69, 9.17) is 23.2 Å². The molecule has 9 nitrogen and oxygen atoms in total. The fraction of sp³-hybridized carbons (Fsp3) is 0.520. The number of aliphatic carboxylic acids is 1. The third-order valence-electron chi connectivity index (χ3n) is 6.47. The molecule has 0 bridgehead atoms. The number of carboxylic acid groups (broad SMARTS) is 1. The Kier molecular flexibility index (Phi) is 8.11. The van der Waals surface area contributed by atoms with Gasteiger partial charge in [0, 0.05) is 18.9 Å². The average Bonchev–Trinajstić information content (AvgIpc) is 3.21. The van der Waals surface area contributed by atoms with Crippen molar-refractivity contribution < 1.29 is 19.5 Å². The van der Waals surface area contributed by atoms with Crippen LogP contribution in [0.25, 0.3) is 0 Å². The van der Waals surface area contributed by atoms with Gasteiger partial charge in [-0.1, -0.05) is 44.0 Å². The van der Waals surface area contributed by atoms with Gasteiger partial charge in [0.25, 0.3) is 5.91 Å². The highest BCUT2D eigenvalue weighted by atomic mass is 35.5. The number of rotatable bonds is 7. The van der Waals surface area contributed by atoms with Crippen LogP contribution in [-0.2, 0) is 4.79 Å². The number of halogens is 2. The van der Waals surface area contributed by atoms with Crippen LogP contribution in [0.5, 0.6) is 0 Å². The average molecular weight is 534 g/mol. The predicted octanol–water partition coefficient (Wildman–Crippen LogP) is 5.03. The third-order valence-corrected chi connectivity index (χ3v) is 7.04. The molecule has 192 valence electrons. The lowest BCUT2D eigenvalue weighted by atomic mass is 9.74. The van der Waals surface area contributed by atoms with Crippen LogP contribution < -0.4 is 0 Å². The van der Waals surface area contributed by atoms with Gasteiger partial charge in [0.05, 0.1) is 45.4 Å². The zero-order valence-electron chi connectivity index (χ0n) is 20.7. The van der Waals surface area contributed by atoms with Crippen molar-refractivity contribution in [2.75, 3.05) is 13.1 Å². The van der Waals surface area contributed by atoms with Gasteiger partial charge in [-0.05, 0) is 38.0 Å². The molecule has 0 saturated heterocycles. The van der Waals surface area contributed by atoms with Crippen LogP contribution in [0.2, 0.25) is 10.0 Å². The number of hydrogen-bond donors (Lipinski definition) is 1. The molecule has 1 aliphatic carbocycles. The number of nitrogens with zero attached hydrogens (tertiary/aromatic N) is 5.